The molecule has 21 heavy (non-hydrogen) atoms. The minimum atomic E-state index is -3.08. The standard InChI is InChI=1S/C13H22N4O3S/c1-21(18,19)14-8-10-4-6-17(7-5-10)9-12-15-13(20-16-12)11-2-3-11/h10-11,14H,2-9H2,1H3. The van der Waals surface area contributed by atoms with Crippen molar-refractivity contribution in [2.75, 3.05) is 25.9 Å². The van der Waals surface area contributed by atoms with Crippen LogP contribution >= 0.6 is 0 Å². The monoisotopic (exact) mass is 314 g/mol. The Morgan fingerprint density at radius 1 is 1.29 bits per heavy atom. The quantitative estimate of drug-likeness (QED) is 0.832. The zero-order valence-corrected chi connectivity index (χ0v) is 13.1. The second-order valence-electron chi connectivity index (χ2n) is 6.16. The Kier molecular flexibility index (Phi) is 4.28. The van der Waals surface area contributed by atoms with E-state index in [1.54, 1.807) is 0 Å². The van der Waals surface area contributed by atoms with Crippen LogP contribution in [0.15, 0.2) is 4.52 Å². The number of aromatic nitrogens is 2. The Bertz CT molecular complexity index is 574. The molecule has 0 radical (unpaired) electrons. The number of hydrogen-bond acceptors (Lipinski definition) is 6. The van der Waals surface area contributed by atoms with E-state index in [-0.39, 0.29) is 0 Å². The molecule has 8 heteroatoms. The average Bonchev–Trinajstić information content (AvgIpc) is 3.18. The molecule has 0 unspecified atom stereocenters. The lowest BCUT2D eigenvalue weighted by Gasteiger charge is -2.30. The lowest BCUT2D eigenvalue weighted by atomic mass is 9.97. The summed E-state index contributed by atoms with van der Waals surface area (Å²) < 4.78 is 30.0. The predicted octanol–water partition coefficient (Wildman–Crippen LogP) is 0.708. The number of sulfonamides is 1. The normalized spacial score (nSPS) is 21.8. The Morgan fingerprint density at radius 3 is 2.62 bits per heavy atom. The number of nitrogens with one attached hydrogen (secondary N) is 1. The molecule has 1 aliphatic carbocycles. The Balaban J connectivity index is 1.42. The fourth-order valence-corrected chi connectivity index (χ4v) is 3.18. The lowest BCUT2D eigenvalue weighted by molar-refractivity contribution is 0.173. The van der Waals surface area contributed by atoms with E-state index in [9.17, 15) is 8.42 Å². The molecule has 2 fully saturated rings. The molecule has 0 atom stereocenters. The molecular formula is C13H22N4O3S. The molecule has 0 spiro atoms. The van der Waals surface area contributed by atoms with Crippen LogP contribution in [0.3, 0.4) is 0 Å². The molecule has 1 aromatic heterocycles. The maximum atomic E-state index is 11.1. The van der Waals surface area contributed by atoms with Crippen molar-refractivity contribution in [3.63, 3.8) is 0 Å². The summed E-state index contributed by atoms with van der Waals surface area (Å²) >= 11 is 0. The Labute approximate surface area is 125 Å². The minimum Gasteiger partial charge on any atom is -0.339 e. The summed E-state index contributed by atoms with van der Waals surface area (Å²) in [6, 6.07) is 0. The van der Waals surface area contributed by atoms with Crippen LogP contribution in [0.5, 0.6) is 0 Å². The second-order valence-corrected chi connectivity index (χ2v) is 8.00. The van der Waals surface area contributed by atoms with Crippen molar-refractivity contribution >= 4 is 10.0 Å². The van der Waals surface area contributed by atoms with Crippen molar-refractivity contribution < 1.29 is 12.9 Å². The first-order valence-corrected chi connectivity index (χ1v) is 9.38. The zero-order chi connectivity index (χ0) is 14.9. The van der Waals surface area contributed by atoms with Gasteiger partial charge < -0.3 is 4.52 Å². The van der Waals surface area contributed by atoms with Crippen LogP contribution in [0.2, 0.25) is 0 Å². The van der Waals surface area contributed by atoms with Crippen molar-refractivity contribution in [3.05, 3.63) is 11.7 Å². The zero-order valence-electron chi connectivity index (χ0n) is 12.3. The summed E-state index contributed by atoms with van der Waals surface area (Å²) in [4.78, 5) is 6.75. The predicted molar refractivity (Wildman–Crippen MR) is 77.1 cm³/mol. The fraction of sp³-hybridized carbons (Fsp3) is 0.846. The van der Waals surface area contributed by atoms with E-state index in [0.717, 1.165) is 44.2 Å². The van der Waals surface area contributed by atoms with Crippen molar-refractivity contribution in [3.8, 4) is 0 Å². The van der Waals surface area contributed by atoms with E-state index in [1.807, 2.05) is 0 Å². The van der Waals surface area contributed by atoms with E-state index in [4.69, 9.17) is 4.52 Å². The number of rotatable bonds is 6. The van der Waals surface area contributed by atoms with E-state index in [1.165, 1.54) is 19.1 Å². The van der Waals surface area contributed by atoms with Gasteiger partial charge in [-0.15, -0.1) is 0 Å². The van der Waals surface area contributed by atoms with Gasteiger partial charge in [-0.3, -0.25) is 4.90 Å². The van der Waals surface area contributed by atoms with Gasteiger partial charge in [0.25, 0.3) is 0 Å². The molecule has 2 aliphatic rings. The number of nitrogens with zero attached hydrogens (tertiary/aromatic N) is 3. The van der Waals surface area contributed by atoms with Crippen LogP contribution < -0.4 is 4.72 Å². The van der Waals surface area contributed by atoms with E-state index < -0.39 is 10.0 Å². The largest absolute Gasteiger partial charge is 0.339 e. The molecule has 0 aromatic carbocycles. The SMILES string of the molecule is CS(=O)(=O)NCC1CCN(Cc2noc(C3CC3)n2)CC1. The third kappa shape index (κ3) is 4.49. The highest BCUT2D eigenvalue weighted by atomic mass is 32.2. The number of likely N-dealkylation sites (tertiary alicyclic amines) is 1. The van der Waals surface area contributed by atoms with Crippen LogP contribution in [-0.2, 0) is 16.6 Å². The summed E-state index contributed by atoms with van der Waals surface area (Å²) in [6.45, 7) is 3.16. The fourth-order valence-electron chi connectivity index (χ4n) is 2.65. The second kappa shape index (κ2) is 6.02. The molecule has 0 amide bonds. The van der Waals surface area contributed by atoms with Crippen LogP contribution in [0.4, 0.5) is 0 Å². The van der Waals surface area contributed by atoms with Crippen LogP contribution in [0.1, 0.15) is 43.3 Å². The Hall–Kier alpha value is -0.990. The van der Waals surface area contributed by atoms with Gasteiger partial charge in [0.2, 0.25) is 15.9 Å². The van der Waals surface area contributed by atoms with E-state index in [2.05, 4.69) is 19.8 Å². The first-order valence-electron chi connectivity index (χ1n) is 7.49. The molecule has 0 bridgehead atoms. The van der Waals surface area contributed by atoms with Gasteiger partial charge in [-0.1, -0.05) is 5.16 Å². The van der Waals surface area contributed by atoms with E-state index in [0.29, 0.717) is 18.4 Å². The van der Waals surface area contributed by atoms with Gasteiger partial charge in [0.1, 0.15) is 0 Å². The number of hydrogen-bond donors (Lipinski definition) is 1. The smallest absolute Gasteiger partial charge is 0.229 e. The van der Waals surface area contributed by atoms with Crippen molar-refractivity contribution in [2.24, 2.45) is 5.92 Å². The lowest BCUT2D eigenvalue weighted by Crippen LogP contribution is -2.38. The molecule has 1 N–H and O–H groups in total. The van der Waals surface area contributed by atoms with Gasteiger partial charge in [0.05, 0.1) is 12.8 Å². The van der Waals surface area contributed by atoms with Gasteiger partial charge >= 0.3 is 0 Å². The van der Waals surface area contributed by atoms with Crippen LogP contribution in [0, 0.1) is 5.92 Å². The molecule has 2 heterocycles. The summed E-state index contributed by atoms with van der Waals surface area (Å²) in [5.74, 6) is 2.48. The molecular weight excluding hydrogens is 292 g/mol. The summed E-state index contributed by atoms with van der Waals surface area (Å²) in [7, 11) is -3.08. The first kappa shape index (κ1) is 14.9. The third-order valence-electron chi connectivity index (χ3n) is 4.12. The van der Waals surface area contributed by atoms with Crippen molar-refractivity contribution in [2.45, 2.75) is 38.1 Å². The summed E-state index contributed by atoms with van der Waals surface area (Å²) in [5.41, 5.74) is 0. The molecule has 7 nitrogen and oxygen atoms in total. The van der Waals surface area contributed by atoms with Gasteiger partial charge in [-0.25, -0.2) is 13.1 Å². The van der Waals surface area contributed by atoms with E-state index >= 15 is 0 Å². The molecule has 1 aromatic rings. The van der Waals surface area contributed by atoms with Gasteiger partial charge in [-0.2, -0.15) is 4.98 Å². The highest BCUT2D eigenvalue weighted by Gasteiger charge is 2.30. The number of piperidine rings is 1. The average molecular weight is 314 g/mol. The van der Waals surface area contributed by atoms with Crippen molar-refractivity contribution in [1.82, 2.24) is 19.8 Å². The minimum absolute atomic E-state index is 0.420. The van der Waals surface area contributed by atoms with Crippen LogP contribution in [-0.4, -0.2) is 49.3 Å². The maximum absolute atomic E-state index is 11.1. The highest BCUT2D eigenvalue weighted by molar-refractivity contribution is 7.88. The maximum Gasteiger partial charge on any atom is 0.229 e. The summed E-state index contributed by atoms with van der Waals surface area (Å²) in [6.07, 6.45) is 5.53. The van der Waals surface area contributed by atoms with Gasteiger partial charge in [0.15, 0.2) is 5.82 Å². The third-order valence-corrected chi connectivity index (χ3v) is 4.81. The van der Waals surface area contributed by atoms with Crippen LogP contribution in [0.25, 0.3) is 0 Å². The van der Waals surface area contributed by atoms with Gasteiger partial charge in [-0.05, 0) is 44.7 Å². The molecule has 1 saturated heterocycles. The molecule has 1 aliphatic heterocycles. The molecule has 3 rings (SSSR count). The van der Waals surface area contributed by atoms with Crippen molar-refractivity contribution in [1.29, 1.82) is 0 Å². The topological polar surface area (TPSA) is 88.3 Å². The summed E-state index contributed by atoms with van der Waals surface area (Å²) in [5, 5.41) is 4.04. The molecule has 118 valence electrons. The highest BCUT2D eigenvalue weighted by Crippen LogP contribution is 2.38. The van der Waals surface area contributed by atoms with Gasteiger partial charge in [0, 0.05) is 12.5 Å². The Morgan fingerprint density at radius 2 is 2.00 bits per heavy atom. The first-order chi connectivity index (χ1) is 9.99. The molecule has 1 saturated carbocycles.